The summed E-state index contributed by atoms with van der Waals surface area (Å²) in [5.74, 6) is 2.15. The third-order valence-electron chi connectivity index (χ3n) is 3.62. The van der Waals surface area contributed by atoms with Crippen LogP contribution in [0.5, 0.6) is 11.5 Å². The molecule has 2 N–H and O–H groups in total. The molecule has 0 aliphatic rings. The lowest BCUT2D eigenvalue weighted by molar-refractivity contribution is 0.281. The Morgan fingerprint density at radius 2 is 2.09 bits per heavy atom. The topological polar surface area (TPSA) is 76.8 Å². The monoisotopic (exact) mass is 320 g/mol. The molecule has 0 aliphatic heterocycles. The van der Waals surface area contributed by atoms with Gasteiger partial charge in [-0.25, -0.2) is 0 Å². The van der Waals surface area contributed by atoms with E-state index in [1.807, 2.05) is 32.0 Å². The molecule has 23 heavy (non-hydrogen) atoms. The molecule has 0 aliphatic carbocycles. The summed E-state index contributed by atoms with van der Waals surface area (Å²) >= 11 is 0. The minimum Gasteiger partial charge on any atom is -0.493 e. The zero-order valence-corrected chi connectivity index (χ0v) is 13.9. The minimum absolute atomic E-state index is 0.199. The molecule has 126 valence electrons. The molecular weight excluding hydrogens is 296 g/mol. The molecule has 0 amide bonds. The van der Waals surface area contributed by atoms with E-state index in [2.05, 4.69) is 10.5 Å². The van der Waals surface area contributed by atoms with Crippen molar-refractivity contribution in [2.45, 2.75) is 33.4 Å². The van der Waals surface area contributed by atoms with Crippen molar-refractivity contribution in [2.75, 3.05) is 20.3 Å². The van der Waals surface area contributed by atoms with Crippen molar-refractivity contribution < 1.29 is 19.1 Å². The molecule has 1 aromatic heterocycles. The van der Waals surface area contributed by atoms with Crippen LogP contribution in [-0.2, 0) is 13.2 Å². The summed E-state index contributed by atoms with van der Waals surface area (Å²) in [5, 5.41) is 16.0. The van der Waals surface area contributed by atoms with Crippen LogP contribution < -0.4 is 14.8 Å². The van der Waals surface area contributed by atoms with Gasteiger partial charge in [0.1, 0.15) is 12.4 Å². The molecule has 6 nitrogen and oxygen atoms in total. The van der Waals surface area contributed by atoms with Gasteiger partial charge in [0.05, 0.1) is 18.4 Å². The normalized spacial score (nSPS) is 10.8. The Morgan fingerprint density at radius 1 is 1.26 bits per heavy atom. The van der Waals surface area contributed by atoms with E-state index in [4.69, 9.17) is 19.1 Å². The summed E-state index contributed by atoms with van der Waals surface area (Å²) in [6.45, 7) is 5.87. The fourth-order valence-corrected chi connectivity index (χ4v) is 2.24. The number of benzene rings is 1. The lowest BCUT2D eigenvalue weighted by Crippen LogP contribution is -2.15. The molecule has 1 heterocycles. The lowest BCUT2D eigenvalue weighted by atomic mass is 10.2. The predicted molar refractivity (Wildman–Crippen MR) is 86.7 cm³/mol. The summed E-state index contributed by atoms with van der Waals surface area (Å²) in [5.41, 5.74) is 2.90. The van der Waals surface area contributed by atoms with Gasteiger partial charge in [-0.1, -0.05) is 11.2 Å². The first kappa shape index (κ1) is 17.3. The Kier molecular flexibility index (Phi) is 6.43. The summed E-state index contributed by atoms with van der Waals surface area (Å²) in [4.78, 5) is 0. The number of nitrogens with zero attached hydrogens (tertiary/aromatic N) is 1. The van der Waals surface area contributed by atoms with Gasteiger partial charge < -0.3 is 24.4 Å². The third kappa shape index (κ3) is 4.71. The van der Waals surface area contributed by atoms with Gasteiger partial charge in [-0.15, -0.1) is 0 Å². The SMILES string of the molecule is COc1cc(CNCCCO)ccc1OCc1c(C)noc1C. The van der Waals surface area contributed by atoms with Gasteiger partial charge in [0.25, 0.3) is 0 Å². The molecule has 2 rings (SSSR count). The number of hydrogen-bond acceptors (Lipinski definition) is 6. The number of aryl methyl sites for hydroxylation is 2. The summed E-state index contributed by atoms with van der Waals surface area (Å²) in [7, 11) is 1.63. The van der Waals surface area contributed by atoms with E-state index in [0.29, 0.717) is 18.1 Å². The van der Waals surface area contributed by atoms with Gasteiger partial charge in [0.15, 0.2) is 11.5 Å². The van der Waals surface area contributed by atoms with Crippen LogP contribution in [0, 0.1) is 13.8 Å². The van der Waals surface area contributed by atoms with E-state index in [1.165, 1.54) is 0 Å². The largest absolute Gasteiger partial charge is 0.493 e. The number of ether oxygens (including phenoxy) is 2. The van der Waals surface area contributed by atoms with Gasteiger partial charge in [0, 0.05) is 13.2 Å². The van der Waals surface area contributed by atoms with Crippen LogP contribution in [0.4, 0.5) is 0 Å². The average Bonchev–Trinajstić information content (AvgIpc) is 2.88. The van der Waals surface area contributed by atoms with Crippen molar-refractivity contribution in [3.05, 3.63) is 40.8 Å². The summed E-state index contributed by atoms with van der Waals surface area (Å²) in [6.07, 6.45) is 0.746. The van der Waals surface area contributed by atoms with Crippen LogP contribution in [0.2, 0.25) is 0 Å². The fraction of sp³-hybridized carbons (Fsp3) is 0.471. The Morgan fingerprint density at radius 3 is 2.74 bits per heavy atom. The number of rotatable bonds is 9. The van der Waals surface area contributed by atoms with Crippen molar-refractivity contribution in [3.8, 4) is 11.5 Å². The van der Waals surface area contributed by atoms with Crippen molar-refractivity contribution >= 4 is 0 Å². The molecule has 0 unspecified atom stereocenters. The van der Waals surface area contributed by atoms with Crippen molar-refractivity contribution in [3.63, 3.8) is 0 Å². The molecule has 0 atom stereocenters. The predicted octanol–water partition coefficient (Wildman–Crippen LogP) is 2.35. The number of methoxy groups -OCH3 is 1. The molecular formula is C17H24N2O4. The molecule has 0 bridgehead atoms. The van der Waals surface area contributed by atoms with Gasteiger partial charge in [-0.05, 0) is 44.5 Å². The second-order valence-electron chi connectivity index (χ2n) is 5.33. The molecule has 2 aromatic rings. The van der Waals surface area contributed by atoms with Crippen molar-refractivity contribution in [1.29, 1.82) is 0 Å². The van der Waals surface area contributed by atoms with E-state index in [0.717, 1.165) is 42.1 Å². The van der Waals surface area contributed by atoms with Crippen LogP contribution in [0.3, 0.4) is 0 Å². The zero-order valence-electron chi connectivity index (χ0n) is 13.9. The number of hydrogen-bond donors (Lipinski definition) is 2. The smallest absolute Gasteiger partial charge is 0.161 e. The van der Waals surface area contributed by atoms with Crippen LogP contribution in [0.1, 0.15) is 29.0 Å². The maximum absolute atomic E-state index is 8.77. The first-order valence-electron chi connectivity index (χ1n) is 7.68. The standard InChI is InChI=1S/C17H24N2O4/c1-12-15(13(2)23-19-12)11-22-16-6-5-14(9-17(16)21-3)10-18-7-4-8-20/h5-6,9,18,20H,4,7-8,10-11H2,1-3H3. The maximum Gasteiger partial charge on any atom is 0.161 e. The van der Waals surface area contributed by atoms with E-state index in [-0.39, 0.29) is 6.61 Å². The summed E-state index contributed by atoms with van der Waals surface area (Å²) < 4.78 is 16.4. The van der Waals surface area contributed by atoms with Crippen LogP contribution in [-0.4, -0.2) is 30.5 Å². The number of aliphatic hydroxyl groups excluding tert-OH is 1. The number of aromatic nitrogens is 1. The fourth-order valence-electron chi connectivity index (χ4n) is 2.24. The minimum atomic E-state index is 0.199. The third-order valence-corrected chi connectivity index (χ3v) is 3.62. The zero-order chi connectivity index (χ0) is 16.7. The first-order valence-corrected chi connectivity index (χ1v) is 7.68. The van der Waals surface area contributed by atoms with Gasteiger partial charge in [-0.3, -0.25) is 0 Å². The van der Waals surface area contributed by atoms with E-state index < -0.39 is 0 Å². The highest BCUT2D eigenvalue weighted by Crippen LogP contribution is 2.29. The number of aliphatic hydroxyl groups is 1. The molecule has 0 saturated heterocycles. The highest BCUT2D eigenvalue weighted by Gasteiger charge is 2.12. The highest BCUT2D eigenvalue weighted by molar-refractivity contribution is 5.43. The Bertz CT molecular complexity index is 606. The van der Waals surface area contributed by atoms with Crippen LogP contribution in [0.25, 0.3) is 0 Å². The van der Waals surface area contributed by atoms with Gasteiger partial charge >= 0.3 is 0 Å². The van der Waals surface area contributed by atoms with Crippen LogP contribution >= 0.6 is 0 Å². The Hall–Kier alpha value is -2.05. The highest BCUT2D eigenvalue weighted by atomic mass is 16.5. The molecule has 6 heteroatoms. The summed E-state index contributed by atoms with van der Waals surface area (Å²) in [6, 6.07) is 5.85. The number of nitrogens with one attached hydrogen (secondary N) is 1. The lowest BCUT2D eigenvalue weighted by Gasteiger charge is -2.12. The molecule has 0 fully saturated rings. The molecule has 1 aromatic carbocycles. The van der Waals surface area contributed by atoms with E-state index in [1.54, 1.807) is 7.11 Å². The molecule has 0 saturated carbocycles. The van der Waals surface area contributed by atoms with E-state index >= 15 is 0 Å². The van der Waals surface area contributed by atoms with Crippen molar-refractivity contribution in [1.82, 2.24) is 10.5 Å². The van der Waals surface area contributed by atoms with Crippen LogP contribution in [0.15, 0.2) is 22.7 Å². The van der Waals surface area contributed by atoms with E-state index in [9.17, 15) is 0 Å². The molecule has 0 spiro atoms. The molecule has 0 radical (unpaired) electrons. The first-order chi connectivity index (χ1) is 11.2. The maximum atomic E-state index is 8.77. The Labute approximate surface area is 136 Å². The quantitative estimate of drug-likeness (QED) is 0.691. The Balaban J connectivity index is 1.99. The average molecular weight is 320 g/mol. The second kappa shape index (κ2) is 8.55. The van der Waals surface area contributed by atoms with Crippen molar-refractivity contribution in [2.24, 2.45) is 0 Å². The van der Waals surface area contributed by atoms with Gasteiger partial charge in [-0.2, -0.15) is 0 Å². The van der Waals surface area contributed by atoms with Gasteiger partial charge in [0.2, 0.25) is 0 Å². The second-order valence-corrected chi connectivity index (χ2v) is 5.33.